The van der Waals surface area contributed by atoms with Gasteiger partial charge in [-0.1, -0.05) is 20.3 Å². The van der Waals surface area contributed by atoms with Gasteiger partial charge in [0.05, 0.1) is 5.41 Å². The third-order valence-electron chi connectivity index (χ3n) is 4.56. The van der Waals surface area contributed by atoms with Gasteiger partial charge < -0.3 is 15.3 Å². The molecule has 0 aromatic heterocycles. The molecule has 0 unspecified atom stereocenters. The maximum atomic E-state index is 12.2. The molecule has 0 radical (unpaired) electrons. The van der Waals surface area contributed by atoms with E-state index in [1.54, 1.807) is 4.90 Å². The van der Waals surface area contributed by atoms with Crippen LogP contribution in [0.1, 0.15) is 33.1 Å². The molecule has 21 heavy (non-hydrogen) atoms. The second kappa shape index (κ2) is 6.90. The molecule has 0 bridgehead atoms. The minimum absolute atomic E-state index is 0.102. The molecule has 0 aromatic carbocycles. The summed E-state index contributed by atoms with van der Waals surface area (Å²) in [5, 5.41) is 12.4. The van der Waals surface area contributed by atoms with Crippen molar-refractivity contribution in [3.05, 3.63) is 0 Å². The van der Waals surface area contributed by atoms with Gasteiger partial charge in [0.1, 0.15) is 0 Å². The van der Waals surface area contributed by atoms with Crippen LogP contribution >= 0.6 is 11.8 Å². The standard InChI is InChI=1S/C15H26N2O3S/c1-11(2)9-21-7-6-16-14(20)17-8-12-4-3-5-15(12,10-17)13(18)19/h11-12H,3-10H2,1-2H3,(H,16,20)(H,18,19)/t12-,15+/m0/s1. The number of likely N-dealkylation sites (tertiary alicyclic amines) is 1. The zero-order chi connectivity index (χ0) is 15.5. The molecule has 1 aliphatic heterocycles. The van der Waals surface area contributed by atoms with E-state index in [1.807, 2.05) is 11.8 Å². The minimum Gasteiger partial charge on any atom is -0.481 e. The van der Waals surface area contributed by atoms with Gasteiger partial charge in [-0.2, -0.15) is 11.8 Å². The van der Waals surface area contributed by atoms with Gasteiger partial charge in [-0.15, -0.1) is 0 Å². The second-order valence-electron chi connectivity index (χ2n) is 6.63. The number of rotatable bonds is 6. The molecule has 2 rings (SSSR count). The predicted octanol–water partition coefficient (Wildman–Crippen LogP) is 2.27. The third-order valence-corrected chi connectivity index (χ3v) is 5.95. The number of thioether (sulfide) groups is 1. The second-order valence-corrected chi connectivity index (χ2v) is 7.78. The Morgan fingerprint density at radius 2 is 2.24 bits per heavy atom. The average molecular weight is 314 g/mol. The van der Waals surface area contributed by atoms with Crippen LogP contribution in [0.5, 0.6) is 0 Å². The van der Waals surface area contributed by atoms with Crippen LogP contribution in [0, 0.1) is 17.3 Å². The van der Waals surface area contributed by atoms with Gasteiger partial charge in [0.25, 0.3) is 0 Å². The van der Waals surface area contributed by atoms with Gasteiger partial charge in [-0.25, -0.2) is 4.79 Å². The molecular weight excluding hydrogens is 288 g/mol. The van der Waals surface area contributed by atoms with Gasteiger partial charge >= 0.3 is 12.0 Å². The molecule has 2 fully saturated rings. The fraction of sp³-hybridized carbons (Fsp3) is 0.867. The van der Waals surface area contributed by atoms with Crippen molar-refractivity contribution in [1.29, 1.82) is 0 Å². The summed E-state index contributed by atoms with van der Waals surface area (Å²) >= 11 is 1.84. The number of urea groups is 1. The normalized spacial score (nSPS) is 28.0. The summed E-state index contributed by atoms with van der Waals surface area (Å²) in [7, 11) is 0. The smallest absolute Gasteiger partial charge is 0.317 e. The Kier molecular flexibility index (Phi) is 5.41. The molecule has 5 nitrogen and oxygen atoms in total. The molecule has 0 aromatic rings. The molecule has 1 heterocycles. The lowest BCUT2D eigenvalue weighted by atomic mass is 9.81. The Morgan fingerprint density at radius 3 is 2.86 bits per heavy atom. The van der Waals surface area contributed by atoms with Crippen LogP contribution in [0.15, 0.2) is 0 Å². The van der Waals surface area contributed by atoms with E-state index >= 15 is 0 Å². The molecule has 2 aliphatic rings. The average Bonchev–Trinajstić information content (AvgIpc) is 2.95. The SMILES string of the molecule is CC(C)CSCCNC(=O)N1C[C@@H]2CCC[C@@]2(C(=O)O)C1. The zero-order valence-corrected chi connectivity index (χ0v) is 13.7. The van der Waals surface area contributed by atoms with E-state index in [2.05, 4.69) is 19.2 Å². The third kappa shape index (κ3) is 3.65. The number of fused-ring (bicyclic) bond motifs is 1. The number of carboxylic acids is 1. The minimum atomic E-state index is -0.729. The first-order valence-corrected chi connectivity index (χ1v) is 8.95. The Morgan fingerprint density at radius 1 is 1.48 bits per heavy atom. The summed E-state index contributed by atoms with van der Waals surface area (Å²) in [5.74, 6) is 2.08. The van der Waals surface area contributed by atoms with Crippen molar-refractivity contribution in [2.24, 2.45) is 17.3 Å². The lowest BCUT2D eigenvalue weighted by Crippen LogP contribution is -2.42. The molecule has 1 saturated heterocycles. The first-order chi connectivity index (χ1) is 9.95. The van der Waals surface area contributed by atoms with Crippen LogP contribution in [-0.4, -0.2) is 53.1 Å². The van der Waals surface area contributed by atoms with Gasteiger partial charge in [0, 0.05) is 25.4 Å². The van der Waals surface area contributed by atoms with Crippen molar-refractivity contribution in [2.45, 2.75) is 33.1 Å². The summed E-state index contributed by atoms with van der Waals surface area (Å²) in [6.45, 7) is 5.98. The molecular formula is C15H26N2O3S. The van der Waals surface area contributed by atoms with E-state index in [9.17, 15) is 14.7 Å². The quantitative estimate of drug-likeness (QED) is 0.738. The van der Waals surface area contributed by atoms with E-state index < -0.39 is 11.4 Å². The largest absolute Gasteiger partial charge is 0.481 e. The van der Waals surface area contributed by atoms with Crippen molar-refractivity contribution >= 4 is 23.8 Å². The summed E-state index contributed by atoms with van der Waals surface area (Å²) in [6.07, 6.45) is 2.61. The molecule has 2 N–H and O–H groups in total. The van der Waals surface area contributed by atoms with E-state index in [1.165, 1.54) is 0 Å². The lowest BCUT2D eigenvalue weighted by Gasteiger charge is -2.23. The molecule has 2 atom stereocenters. The molecule has 1 aliphatic carbocycles. The van der Waals surface area contributed by atoms with Crippen LogP contribution in [-0.2, 0) is 4.79 Å². The highest BCUT2D eigenvalue weighted by Gasteiger charge is 2.55. The summed E-state index contributed by atoms with van der Waals surface area (Å²) in [5.41, 5.74) is -0.677. The molecule has 1 saturated carbocycles. The van der Waals surface area contributed by atoms with Crippen LogP contribution in [0.2, 0.25) is 0 Å². The van der Waals surface area contributed by atoms with Crippen LogP contribution < -0.4 is 5.32 Å². The van der Waals surface area contributed by atoms with Crippen molar-refractivity contribution in [2.75, 3.05) is 31.1 Å². The number of aliphatic carboxylic acids is 1. The Labute approximate surface area is 130 Å². The van der Waals surface area contributed by atoms with Crippen LogP contribution in [0.25, 0.3) is 0 Å². The highest BCUT2D eigenvalue weighted by Crippen LogP contribution is 2.48. The fourth-order valence-corrected chi connectivity index (χ4v) is 4.34. The number of nitrogens with one attached hydrogen (secondary N) is 1. The lowest BCUT2D eigenvalue weighted by molar-refractivity contribution is -0.149. The first kappa shape index (κ1) is 16.5. The summed E-state index contributed by atoms with van der Waals surface area (Å²) in [6, 6.07) is -0.102. The molecule has 120 valence electrons. The molecule has 0 spiro atoms. The van der Waals surface area contributed by atoms with Crippen molar-refractivity contribution in [3.8, 4) is 0 Å². The molecule has 6 heteroatoms. The fourth-order valence-electron chi connectivity index (χ4n) is 3.45. The number of carbonyl (C=O) groups is 2. The van der Waals surface area contributed by atoms with Crippen LogP contribution in [0.3, 0.4) is 0 Å². The Hall–Kier alpha value is -0.910. The number of amides is 2. The van der Waals surface area contributed by atoms with Gasteiger partial charge in [0.15, 0.2) is 0 Å². The number of carboxylic acid groups (broad SMARTS) is 1. The Bertz CT molecular complexity index is 402. The number of carbonyl (C=O) groups excluding carboxylic acids is 1. The highest BCUT2D eigenvalue weighted by molar-refractivity contribution is 7.99. The first-order valence-electron chi connectivity index (χ1n) is 7.79. The monoisotopic (exact) mass is 314 g/mol. The van der Waals surface area contributed by atoms with Crippen LogP contribution in [0.4, 0.5) is 4.79 Å². The van der Waals surface area contributed by atoms with Gasteiger partial charge in [-0.05, 0) is 30.4 Å². The van der Waals surface area contributed by atoms with Gasteiger partial charge in [0.2, 0.25) is 0 Å². The number of hydrogen-bond donors (Lipinski definition) is 2. The van der Waals surface area contributed by atoms with Crippen molar-refractivity contribution < 1.29 is 14.7 Å². The Balaban J connectivity index is 1.76. The van der Waals surface area contributed by atoms with Gasteiger partial charge in [-0.3, -0.25) is 4.79 Å². The maximum Gasteiger partial charge on any atom is 0.317 e. The number of nitrogens with zero attached hydrogens (tertiary/aromatic N) is 1. The molecule has 2 amide bonds. The topological polar surface area (TPSA) is 69.6 Å². The maximum absolute atomic E-state index is 12.2. The highest BCUT2D eigenvalue weighted by atomic mass is 32.2. The van der Waals surface area contributed by atoms with Crippen molar-refractivity contribution in [1.82, 2.24) is 10.2 Å². The summed E-state index contributed by atoms with van der Waals surface area (Å²) < 4.78 is 0. The predicted molar refractivity (Wildman–Crippen MR) is 84.5 cm³/mol. The van der Waals surface area contributed by atoms with E-state index in [-0.39, 0.29) is 11.9 Å². The van der Waals surface area contributed by atoms with E-state index in [0.29, 0.717) is 32.0 Å². The number of hydrogen-bond acceptors (Lipinski definition) is 3. The summed E-state index contributed by atoms with van der Waals surface area (Å²) in [4.78, 5) is 25.4. The van der Waals surface area contributed by atoms with Crippen molar-refractivity contribution in [3.63, 3.8) is 0 Å². The zero-order valence-electron chi connectivity index (χ0n) is 12.9. The van der Waals surface area contributed by atoms with E-state index in [4.69, 9.17) is 0 Å². The van der Waals surface area contributed by atoms with E-state index in [0.717, 1.165) is 24.3 Å².